The van der Waals surface area contributed by atoms with E-state index < -0.39 is 60.9 Å². The number of aryl methyl sites for hydroxylation is 1. The molecular formula is C34H35ClF2N4O5S. The normalized spacial score (nSPS) is 17.1. The van der Waals surface area contributed by atoms with Crippen molar-refractivity contribution in [3.63, 3.8) is 0 Å². The number of hydrogen-bond donors (Lipinski definition) is 1. The Morgan fingerprint density at radius 3 is 2.40 bits per heavy atom. The summed E-state index contributed by atoms with van der Waals surface area (Å²) in [6.07, 6.45) is 3.63. The Labute approximate surface area is 276 Å². The number of nitrogens with zero attached hydrogens (tertiary/aromatic N) is 4. The number of pyridine rings is 2. The van der Waals surface area contributed by atoms with Crippen LogP contribution in [0.4, 0.5) is 14.5 Å². The number of aromatic nitrogens is 2. The van der Waals surface area contributed by atoms with E-state index in [1.54, 1.807) is 36.6 Å². The molecular weight excluding hydrogens is 650 g/mol. The molecule has 2 aromatic carbocycles. The minimum absolute atomic E-state index is 0.0346. The molecule has 0 saturated carbocycles. The van der Waals surface area contributed by atoms with Crippen LogP contribution in [0.5, 0.6) is 5.75 Å². The number of halogens is 3. The monoisotopic (exact) mass is 684 g/mol. The number of benzene rings is 2. The zero-order valence-electron chi connectivity index (χ0n) is 26.8. The molecule has 248 valence electrons. The first kappa shape index (κ1) is 34.1. The molecule has 5 rings (SSSR count). The number of aromatic hydroxyl groups is 1. The number of phenolic OH excluding ortho intramolecular Hbond substituents is 1. The van der Waals surface area contributed by atoms with Crippen molar-refractivity contribution in [1.29, 1.82) is 0 Å². The van der Waals surface area contributed by atoms with E-state index in [9.17, 15) is 23.1 Å². The minimum Gasteiger partial charge on any atom is -0.507 e. The van der Waals surface area contributed by atoms with Crippen molar-refractivity contribution >= 4 is 43.9 Å². The maximum Gasteiger partial charge on any atom is 0.276 e. The van der Waals surface area contributed by atoms with Crippen molar-refractivity contribution in [1.82, 2.24) is 14.5 Å². The molecule has 1 N–H and O–H groups in total. The van der Waals surface area contributed by atoms with E-state index in [1.807, 2.05) is 13.8 Å². The predicted molar refractivity (Wildman–Crippen MR) is 179 cm³/mol. The average Bonchev–Trinajstić information content (AvgIpc) is 2.98. The molecule has 0 spiro atoms. The Morgan fingerprint density at radius 1 is 1.13 bits per heavy atom. The summed E-state index contributed by atoms with van der Waals surface area (Å²) in [6, 6.07) is 5.38. The van der Waals surface area contributed by atoms with E-state index in [4.69, 9.17) is 11.6 Å². The Kier molecular flexibility index (Phi) is 8.97. The quantitative estimate of drug-likeness (QED) is 0.243. The summed E-state index contributed by atoms with van der Waals surface area (Å²) in [5, 5.41) is 10.3. The summed E-state index contributed by atoms with van der Waals surface area (Å²) >= 11 is 6.71. The number of piperazine rings is 1. The second-order valence-corrected chi connectivity index (χ2v) is 14.6. The SMILES string of the molecule is C=CC(=O)N1C[C@H](C)N(c2c(S(C)(=O)=O)c(=O)n(-c3c(C)ccnc3C(C)C)c3c(F)c(-c4c(O)cccc4F)c(Cl)cc23)C[C@H]1C. The first-order chi connectivity index (χ1) is 22.0. The molecule has 3 heterocycles. The molecule has 1 fully saturated rings. The number of carbonyl (C=O) groups is 1. The molecule has 2 atom stereocenters. The molecule has 2 aromatic heterocycles. The molecule has 0 bridgehead atoms. The lowest BCUT2D eigenvalue weighted by Gasteiger charge is -2.45. The summed E-state index contributed by atoms with van der Waals surface area (Å²) in [6.45, 7) is 12.7. The number of carbonyl (C=O) groups excluding carboxylic acids is 1. The van der Waals surface area contributed by atoms with Crippen LogP contribution in [0.2, 0.25) is 5.02 Å². The zero-order valence-corrected chi connectivity index (χ0v) is 28.4. The van der Waals surface area contributed by atoms with Crippen LogP contribution >= 0.6 is 11.6 Å². The van der Waals surface area contributed by atoms with Gasteiger partial charge in [-0.25, -0.2) is 17.2 Å². The van der Waals surface area contributed by atoms with Gasteiger partial charge in [-0.05, 0) is 62.6 Å². The smallest absolute Gasteiger partial charge is 0.276 e. The number of hydrogen-bond acceptors (Lipinski definition) is 7. The lowest BCUT2D eigenvalue weighted by atomic mass is 9.97. The van der Waals surface area contributed by atoms with E-state index in [1.165, 1.54) is 30.5 Å². The summed E-state index contributed by atoms with van der Waals surface area (Å²) < 4.78 is 60.9. The molecule has 1 saturated heterocycles. The van der Waals surface area contributed by atoms with Crippen molar-refractivity contribution in [3.8, 4) is 22.6 Å². The highest BCUT2D eigenvalue weighted by molar-refractivity contribution is 7.90. The van der Waals surface area contributed by atoms with Crippen LogP contribution in [-0.4, -0.2) is 65.3 Å². The van der Waals surface area contributed by atoms with E-state index >= 15 is 8.78 Å². The second kappa shape index (κ2) is 12.4. The molecule has 1 aliphatic heterocycles. The number of sulfone groups is 1. The molecule has 9 nitrogen and oxygen atoms in total. The van der Waals surface area contributed by atoms with Crippen LogP contribution in [0.3, 0.4) is 0 Å². The minimum atomic E-state index is -4.32. The van der Waals surface area contributed by atoms with Gasteiger partial charge in [0.1, 0.15) is 11.6 Å². The van der Waals surface area contributed by atoms with Crippen molar-refractivity contribution in [2.45, 2.75) is 57.5 Å². The summed E-state index contributed by atoms with van der Waals surface area (Å²) in [5.74, 6) is -3.29. The van der Waals surface area contributed by atoms with Crippen LogP contribution in [-0.2, 0) is 14.6 Å². The van der Waals surface area contributed by atoms with E-state index in [2.05, 4.69) is 11.6 Å². The zero-order chi connectivity index (χ0) is 34.7. The fourth-order valence-electron chi connectivity index (χ4n) is 6.40. The van der Waals surface area contributed by atoms with Gasteiger partial charge in [-0.15, -0.1) is 0 Å². The molecule has 47 heavy (non-hydrogen) atoms. The molecule has 0 unspecified atom stereocenters. The summed E-state index contributed by atoms with van der Waals surface area (Å²) in [5.41, 5.74) is -1.46. The molecule has 4 aromatic rings. The van der Waals surface area contributed by atoms with Gasteiger partial charge in [0.25, 0.3) is 5.56 Å². The maximum absolute atomic E-state index is 17.4. The number of fused-ring (bicyclic) bond motifs is 1. The molecule has 1 amide bonds. The highest BCUT2D eigenvalue weighted by Crippen LogP contribution is 2.45. The molecule has 1 aliphatic rings. The third kappa shape index (κ3) is 5.67. The van der Waals surface area contributed by atoms with Crippen LogP contribution in [0.15, 0.2) is 58.9 Å². The van der Waals surface area contributed by atoms with Gasteiger partial charge < -0.3 is 14.9 Å². The molecule has 13 heteroatoms. The van der Waals surface area contributed by atoms with Gasteiger partial charge in [-0.3, -0.25) is 19.1 Å². The van der Waals surface area contributed by atoms with Crippen molar-refractivity contribution < 1.29 is 27.1 Å². The third-order valence-corrected chi connectivity index (χ3v) is 9.96. The second-order valence-electron chi connectivity index (χ2n) is 12.2. The van der Waals surface area contributed by atoms with Crippen molar-refractivity contribution in [3.05, 3.63) is 87.5 Å². The first-order valence-corrected chi connectivity index (χ1v) is 17.2. The summed E-state index contributed by atoms with van der Waals surface area (Å²) in [7, 11) is -4.32. The number of rotatable bonds is 6. The van der Waals surface area contributed by atoms with Crippen molar-refractivity contribution in [2.75, 3.05) is 24.2 Å². The highest BCUT2D eigenvalue weighted by Gasteiger charge is 2.38. The number of amides is 1. The van der Waals surface area contributed by atoms with E-state index in [0.29, 0.717) is 11.3 Å². The van der Waals surface area contributed by atoms with Crippen molar-refractivity contribution in [2.24, 2.45) is 0 Å². The Balaban J connectivity index is 2.04. The lowest BCUT2D eigenvalue weighted by Crippen LogP contribution is -2.58. The molecule has 0 radical (unpaired) electrons. The topological polar surface area (TPSA) is 113 Å². The standard InChI is InChI=1S/C34H35ClF2N4O5S/c1-8-25(43)39-15-20(6)40(16-19(39)5)32-21-14-22(35)26(27-23(36)10-9-11-24(27)42)28(37)31(21)41(34(44)33(32)47(7,45)46)30-18(4)12-13-38-29(30)17(2)3/h8-14,17,19-20,42H,1,15-16H2,2-7H3/t19-,20+/m1/s1. The highest BCUT2D eigenvalue weighted by atomic mass is 35.5. The maximum atomic E-state index is 17.4. The Hall–Kier alpha value is -4.29. The largest absolute Gasteiger partial charge is 0.507 e. The Morgan fingerprint density at radius 2 is 1.81 bits per heavy atom. The summed E-state index contributed by atoms with van der Waals surface area (Å²) in [4.78, 5) is 34.5. The first-order valence-electron chi connectivity index (χ1n) is 14.9. The van der Waals surface area contributed by atoms with Gasteiger partial charge in [0.05, 0.1) is 33.2 Å². The van der Waals surface area contributed by atoms with Gasteiger partial charge >= 0.3 is 0 Å². The van der Waals surface area contributed by atoms with Crippen LogP contribution in [0.1, 0.15) is 44.9 Å². The van der Waals surface area contributed by atoms with Gasteiger partial charge in [0.15, 0.2) is 20.5 Å². The average molecular weight is 685 g/mol. The fourth-order valence-corrected chi connectivity index (χ4v) is 7.68. The van der Waals surface area contributed by atoms with Crippen LogP contribution < -0.4 is 10.5 Å². The lowest BCUT2D eigenvalue weighted by molar-refractivity contribution is -0.128. The van der Waals surface area contributed by atoms with Gasteiger partial charge in [-0.1, -0.05) is 38.1 Å². The van der Waals surface area contributed by atoms with E-state index in [-0.39, 0.29) is 52.2 Å². The predicted octanol–water partition coefficient (Wildman–Crippen LogP) is 6.14. The molecule has 0 aliphatic carbocycles. The Bertz CT molecular complexity index is 2110. The van der Waals surface area contributed by atoms with Crippen LogP contribution in [0, 0.1) is 18.6 Å². The number of phenols is 1. The van der Waals surface area contributed by atoms with Gasteiger partial charge in [-0.2, -0.15) is 0 Å². The third-order valence-electron chi connectivity index (χ3n) is 8.55. The van der Waals surface area contributed by atoms with Gasteiger partial charge in [0, 0.05) is 48.6 Å². The van der Waals surface area contributed by atoms with Crippen LogP contribution in [0.25, 0.3) is 27.7 Å². The fraction of sp³-hybridized carbons (Fsp3) is 0.324. The number of anilines is 1. The van der Waals surface area contributed by atoms with E-state index in [0.717, 1.165) is 16.9 Å². The van der Waals surface area contributed by atoms with Gasteiger partial charge in [0.2, 0.25) is 5.91 Å².